The molecule has 1 aliphatic heterocycles. The molecule has 6 nitrogen and oxygen atoms in total. The molecule has 0 saturated carbocycles. The summed E-state index contributed by atoms with van der Waals surface area (Å²) in [7, 11) is 1.42. The van der Waals surface area contributed by atoms with E-state index in [9.17, 15) is 18.8 Å². The first kappa shape index (κ1) is 21.2. The second-order valence-electron chi connectivity index (χ2n) is 5.81. The summed E-state index contributed by atoms with van der Waals surface area (Å²) in [4.78, 5) is 37.7. The standard InChI is InChI=1S/C19H13Cl2FN2O4S/c1-28-17-11(20)6-10(7-12(17)21)8-15-18(26)24(19(27)29-15)9-16(25)23-14-5-3-2-4-13(14)22/h2-8H,9H2,1H3,(H,23,25)/b15-8-. The van der Waals surface area contributed by atoms with Gasteiger partial charge < -0.3 is 10.1 Å². The highest BCUT2D eigenvalue weighted by molar-refractivity contribution is 8.18. The van der Waals surface area contributed by atoms with Gasteiger partial charge in [-0.15, -0.1) is 0 Å². The molecule has 2 aromatic carbocycles. The zero-order valence-electron chi connectivity index (χ0n) is 14.9. The highest BCUT2D eigenvalue weighted by Gasteiger charge is 2.36. The van der Waals surface area contributed by atoms with Gasteiger partial charge in [-0.2, -0.15) is 0 Å². The van der Waals surface area contributed by atoms with Crippen LogP contribution >= 0.6 is 35.0 Å². The van der Waals surface area contributed by atoms with E-state index in [1.165, 1.54) is 43.5 Å². The number of benzene rings is 2. The van der Waals surface area contributed by atoms with Crippen LogP contribution in [0.15, 0.2) is 41.3 Å². The van der Waals surface area contributed by atoms with Gasteiger partial charge in [0.25, 0.3) is 11.1 Å². The highest BCUT2D eigenvalue weighted by atomic mass is 35.5. The van der Waals surface area contributed by atoms with Crippen molar-refractivity contribution < 1.29 is 23.5 Å². The third kappa shape index (κ3) is 4.72. The number of rotatable bonds is 5. The number of hydrogen-bond acceptors (Lipinski definition) is 5. The molecule has 0 spiro atoms. The van der Waals surface area contributed by atoms with Crippen LogP contribution in [0.5, 0.6) is 5.75 Å². The Kier molecular flexibility index (Phi) is 6.46. The van der Waals surface area contributed by atoms with Crippen molar-refractivity contribution in [1.82, 2.24) is 4.90 Å². The summed E-state index contributed by atoms with van der Waals surface area (Å²) in [6, 6.07) is 8.65. The maximum Gasteiger partial charge on any atom is 0.294 e. The van der Waals surface area contributed by atoms with Crippen molar-refractivity contribution in [1.29, 1.82) is 0 Å². The van der Waals surface area contributed by atoms with E-state index in [-0.39, 0.29) is 20.6 Å². The summed E-state index contributed by atoms with van der Waals surface area (Å²) in [6.07, 6.45) is 1.44. The molecule has 0 bridgehead atoms. The molecule has 10 heteroatoms. The second-order valence-corrected chi connectivity index (χ2v) is 7.62. The van der Waals surface area contributed by atoms with Crippen LogP contribution < -0.4 is 10.1 Å². The van der Waals surface area contributed by atoms with Crippen molar-refractivity contribution in [2.75, 3.05) is 19.0 Å². The Bertz CT molecular complexity index is 1020. The molecular weight excluding hydrogens is 442 g/mol. The molecule has 0 atom stereocenters. The highest BCUT2D eigenvalue weighted by Crippen LogP contribution is 2.37. The molecule has 3 amide bonds. The number of methoxy groups -OCH3 is 1. The van der Waals surface area contributed by atoms with Crippen LogP contribution in [0.1, 0.15) is 5.56 Å². The van der Waals surface area contributed by atoms with Gasteiger partial charge in [0, 0.05) is 0 Å². The van der Waals surface area contributed by atoms with E-state index >= 15 is 0 Å². The monoisotopic (exact) mass is 454 g/mol. The Morgan fingerprint density at radius 2 is 1.90 bits per heavy atom. The fourth-order valence-corrected chi connectivity index (χ4v) is 4.04. The number of para-hydroxylation sites is 1. The fourth-order valence-electron chi connectivity index (χ4n) is 2.54. The molecule has 1 aliphatic rings. The minimum absolute atomic E-state index is 0.0393. The Morgan fingerprint density at radius 1 is 1.24 bits per heavy atom. The molecular formula is C19H13Cl2FN2O4S. The zero-order valence-corrected chi connectivity index (χ0v) is 17.2. The lowest BCUT2D eigenvalue weighted by Crippen LogP contribution is -2.36. The number of anilines is 1. The summed E-state index contributed by atoms with van der Waals surface area (Å²) in [5, 5.41) is 2.21. The van der Waals surface area contributed by atoms with Crippen LogP contribution in [0.2, 0.25) is 10.0 Å². The minimum atomic E-state index is -0.700. The first-order valence-electron chi connectivity index (χ1n) is 8.13. The maximum atomic E-state index is 13.6. The lowest BCUT2D eigenvalue weighted by Gasteiger charge is -2.12. The molecule has 150 valence electrons. The summed E-state index contributed by atoms with van der Waals surface area (Å²) >= 11 is 12.8. The predicted octanol–water partition coefficient (Wildman–Crippen LogP) is 4.82. The fraction of sp³-hybridized carbons (Fsp3) is 0.105. The number of ether oxygens (including phenoxy) is 1. The molecule has 1 heterocycles. The molecule has 1 fully saturated rings. The smallest absolute Gasteiger partial charge is 0.294 e. The van der Waals surface area contributed by atoms with Crippen LogP contribution in [0.4, 0.5) is 14.9 Å². The van der Waals surface area contributed by atoms with E-state index in [0.717, 1.165) is 4.90 Å². The molecule has 1 saturated heterocycles. The van der Waals surface area contributed by atoms with Gasteiger partial charge in [0.1, 0.15) is 12.4 Å². The largest absolute Gasteiger partial charge is 0.494 e. The summed E-state index contributed by atoms with van der Waals surface area (Å²) in [5.41, 5.74) is 0.449. The summed E-state index contributed by atoms with van der Waals surface area (Å²) < 4.78 is 18.7. The van der Waals surface area contributed by atoms with E-state index in [2.05, 4.69) is 5.32 Å². The number of nitrogens with zero attached hydrogens (tertiary/aromatic N) is 1. The summed E-state index contributed by atoms with van der Waals surface area (Å²) in [5.74, 6) is -1.67. The van der Waals surface area contributed by atoms with E-state index in [0.29, 0.717) is 23.1 Å². The van der Waals surface area contributed by atoms with Gasteiger partial charge >= 0.3 is 0 Å². The molecule has 0 radical (unpaired) electrons. The third-order valence-electron chi connectivity index (χ3n) is 3.85. The number of thioether (sulfide) groups is 1. The number of nitrogens with one attached hydrogen (secondary N) is 1. The van der Waals surface area contributed by atoms with Crippen LogP contribution in [-0.2, 0) is 9.59 Å². The molecule has 3 rings (SSSR count). The topological polar surface area (TPSA) is 75.7 Å². The Hall–Kier alpha value is -2.55. The molecule has 1 N–H and O–H groups in total. The Labute approximate surface area is 179 Å². The zero-order chi connectivity index (χ0) is 21.1. The number of halogens is 3. The van der Waals surface area contributed by atoms with Gasteiger partial charge in [0.15, 0.2) is 5.75 Å². The third-order valence-corrected chi connectivity index (χ3v) is 5.31. The normalized spacial score (nSPS) is 15.2. The minimum Gasteiger partial charge on any atom is -0.494 e. The molecule has 29 heavy (non-hydrogen) atoms. The van der Waals surface area contributed by atoms with Crippen LogP contribution in [0.3, 0.4) is 0 Å². The van der Waals surface area contributed by atoms with Crippen molar-refractivity contribution >= 4 is 63.8 Å². The van der Waals surface area contributed by atoms with Gasteiger partial charge in [0.05, 0.1) is 27.7 Å². The SMILES string of the molecule is COc1c(Cl)cc(/C=C2\SC(=O)N(CC(=O)Nc3ccccc3F)C2=O)cc1Cl. The quantitative estimate of drug-likeness (QED) is 0.655. The number of amides is 3. The van der Waals surface area contributed by atoms with Crippen LogP contribution in [0.25, 0.3) is 6.08 Å². The van der Waals surface area contributed by atoms with Gasteiger partial charge in [-0.05, 0) is 47.7 Å². The molecule has 0 aromatic heterocycles. The van der Waals surface area contributed by atoms with E-state index in [4.69, 9.17) is 27.9 Å². The lowest BCUT2D eigenvalue weighted by atomic mass is 10.2. The van der Waals surface area contributed by atoms with E-state index in [1.54, 1.807) is 6.07 Å². The average molecular weight is 455 g/mol. The maximum absolute atomic E-state index is 13.6. The average Bonchev–Trinajstić information content (AvgIpc) is 2.91. The Morgan fingerprint density at radius 3 is 2.52 bits per heavy atom. The van der Waals surface area contributed by atoms with Crippen LogP contribution in [-0.4, -0.2) is 35.6 Å². The van der Waals surface area contributed by atoms with Crippen molar-refractivity contribution in [3.05, 3.63) is 62.7 Å². The van der Waals surface area contributed by atoms with Gasteiger partial charge in [0.2, 0.25) is 5.91 Å². The van der Waals surface area contributed by atoms with Gasteiger partial charge in [-0.1, -0.05) is 35.3 Å². The molecule has 0 unspecified atom stereocenters. The van der Waals surface area contributed by atoms with E-state index < -0.39 is 29.4 Å². The van der Waals surface area contributed by atoms with Crippen molar-refractivity contribution in [3.8, 4) is 5.75 Å². The number of hydrogen-bond donors (Lipinski definition) is 1. The van der Waals surface area contributed by atoms with Crippen molar-refractivity contribution in [2.24, 2.45) is 0 Å². The first-order valence-corrected chi connectivity index (χ1v) is 9.70. The number of carbonyl (C=O) groups is 3. The van der Waals surface area contributed by atoms with E-state index in [1.807, 2.05) is 0 Å². The van der Waals surface area contributed by atoms with Crippen LogP contribution in [0, 0.1) is 5.82 Å². The van der Waals surface area contributed by atoms with Gasteiger partial charge in [-0.3, -0.25) is 19.3 Å². The van der Waals surface area contributed by atoms with Crippen molar-refractivity contribution in [2.45, 2.75) is 0 Å². The first-order chi connectivity index (χ1) is 13.8. The molecule has 2 aromatic rings. The van der Waals surface area contributed by atoms with Crippen molar-refractivity contribution in [3.63, 3.8) is 0 Å². The molecule has 0 aliphatic carbocycles. The number of imide groups is 1. The summed E-state index contributed by atoms with van der Waals surface area (Å²) in [6.45, 7) is -0.541. The number of carbonyl (C=O) groups excluding carboxylic acids is 3. The second kappa shape index (κ2) is 8.86. The predicted molar refractivity (Wildman–Crippen MR) is 111 cm³/mol. The van der Waals surface area contributed by atoms with Gasteiger partial charge in [-0.25, -0.2) is 4.39 Å². The lowest BCUT2D eigenvalue weighted by molar-refractivity contribution is -0.127. The Balaban J connectivity index is 1.75.